The molecule has 1 aliphatic heterocycles. The summed E-state index contributed by atoms with van der Waals surface area (Å²) in [5.74, 6) is 0.950. The highest BCUT2D eigenvalue weighted by molar-refractivity contribution is 7.03. The molecule has 1 aromatic rings. The molecule has 0 N–H and O–H groups in total. The van der Waals surface area contributed by atoms with Gasteiger partial charge in [0.25, 0.3) is 0 Å². The lowest BCUT2D eigenvalue weighted by Gasteiger charge is -2.34. The van der Waals surface area contributed by atoms with E-state index in [2.05, 4.69) is 26.4 Å². The topological polar surface area (TPSA) is 41.5 Å². The van der Waals surface area contributed by atoms with Crippen molar-refractivity contribution >= 4 is 11.5 Å². The van der Waals surface area contributed by atoms with Crippen LogP contribution in [0.1, 0.15) is 18.5 Å². The minimum Gasteiger partial charge on any atom is -0.374 e. The Morgan fingerprint density at radius 1 is 1.47 bits per heavy atom. The average Bonchev–Trinajstić information content (AvgIpc) is 3.04. The Morgan fingerprint density at radius 3 is 3.11 bits per heavy atom. The molecule has 0 radical (unpaired) electrons. The summed E-state index contributed by atoms with van der Waals surface area (Å²) in [6.07, 6.45) is 3.17. The van der Waals surface area contributed by atoms with E-state index in [4.69, 9.17) is 4.74 Å². The van der Waals surface area contributed by atoms with Crippen LogP contribution >= 0.6 is 11.5 Å². The minimum atomic E-state index is 0.337. The summed E-state index contributed by atoms with van der Waals surface area (Å²) < 4.78 is 9.80. The van der Waals surface area contributed by atoms with E-state index in [9.17, 15) is 0 Å². The van der Waals surface area contributed by atoms with Crippen LogP contribution in [-0.2, 0) is 11.3 Å². The number of likely N-dealkylation sites (N-methyl/N-ethyl adjacent to an activating group) is 1. The molecule has 106 valence electrons. The standard InChI is InChI=1S/C13H22N4OS/c1-16(6-11-2-3-11)8-13-9-17(4-5-18-13)7-12-10-19-15-14-12/h10-11,13H,2-9H2,1H3/t13-/m0/s1. The number of rotatable bonds is 6. The smallest absolute Gasteiger partial charge is 0.0895 e. The van der Waals surface area contributed by atoms with Crippen molar-refractivity contribution in [2.24, 2.45) is 5.92 Å². The van der Waals surface area contributed by atoms with Crippen LogP contribution in [0.15, 0.2) is 5.38 Å². The SMILES string of the molecule is CN(CC1CC1)C[C@H]1CN(Cc2csnn2)CCO1. The summed E-state index contributed by atoms with van der Waals surface area (Å²) >= 11 is 1.43. The van der Waals surface area contributed by atoms with E-state index < -0.39 is 0 Å². The lowest BCUT2D eigenvalue weighted by Crippen LogP contribution is -2.46. The second kappa shape index (κ2) is 6.26. The first-order chi connectivity index (χ1) is 9.29. The van der Waals surface area contributed by atoms with Gasteiger partial charge >= 0.3 is 0 Å². The van der Waals surface area contributed by atoms with Gasteiger partial charge < -0.3 is 9.64 Å². The summed E-state index contributed by atoms with van der Waals surface area (Å²) in [4.78, 5) is 4.85. The van der Waals surface area contributed by atoms with Gasteiger partial charge in [0.2, 0.25) is 0 Å². The van der Waals surface area contributed by atoms with E-state index in [0.29, 0.717) is 6.10 Å². The van der Waals surface area contributed by atoms with Gasteiger partial charge in [-0.2, -0.15) is 0 Å². The van der Waals surface area contributed by atoms with Crippen LogP contribution in [0.25, 0.3) is 0 Å². The van der Waals surface area contributed by atoms with Crippen LogP contribution in [0, 0.1) is 5.92 Å². The highest BCUT2D eigenvalue weighted by Gasteiger charge is 2.26. The zero-order valence-corrected chi connectivity index (χ0v) is 12.3. The first kappa shape index (κ1) is 13.4. The van der Waals surface area contributed by atoms with Crippen molar-refractivity contribution in [3.63, 3.8) is 0 Å². The molecule has 0 spiro atoms. The Hall–Kier alpha value is -0.560. The number of morpholine rings is 1. The Kier molecular flexibility index (Phi) is 4.42. The fourth-order valence-electron chi connectivity index (χ4n) is 2.68. The van der Waals surface area contributed by atoms with E-state index in [1.165, 1.54) is 30.9 Å². The van der Waals surface area contributed by atoms with E-state index in [1.54, 1.807) is 0 Å². The largest absolute Gasteiger partial charge is 0.374 e. The van der Waals surface area contributed by atoms with Crippen molar-refractivity contribution < 1.29 is 4.74 Å². The third-order valence-corrected chi connectivity index (χ3v) is 4.35. The molecule has 2 heterocycles. The lowest BCUT2D eigenvalue weighted by atomic mass is 10.2. The third kappa shape index (κ3) is 4.21. The van der Waals surface area contributed by atoms with Crippen molar-refractivity contribution in [3.8, 4) is 0 Å². The van der Waals surface area contributed by atoms with Gasteiger partial charge in [-0.15, -0.1) is 5.10 Å². The number of nitrogens with zero attached hydrogens (tertiary/aromatic N) is 4. The molecular weight excluding hydrogens is 260 g/mol. The quantitative estimate of drug-likeness (QED) is 0.781. The lowest BCUT2D eigenvalue weighted by molar-refractivity contribution is -0.0437. The number of aromatic nitrogens is 2. The Labute approximate surface area is 118 Å². The van der Waals surface area contributed by atoms with E-state index in [0.717, 1.165) is 44.4 Å². The second-order valence-electron chi connectivity index (χ2n) is 5.79. The molecular formula is C13H22N4OS. The van der Waals surface area contributed by atoms with Crippen molar-refractivity contribution in [2.45, 2.75) is 25.5 Å². The van der Waals surface area contributed by atoms with Crippen LogP contribution in [0.4, 0.5) is 0 Å². The Bertz CT molecular complexity index is 382. The zero-order valence-electron chi connectivity index (χ0n) is 11.5. The molecule has 0 bridgehead atoms. The van der Waals surface area contributed by atoms with Gasteiger partial charge in [0.1, 0.15) is 0 Å². The second-order valence-corrected chi connectivity index (χ2v) is 6.40. The van der Waals surface area contributed by atoms with Gasteiger partial charge in [0, 0.05) is 38.1 Å². The molecule has 0 aromatic carbocycles. The highest BCUT2D eigenvalue weighted by atomic mass is 32.1. The molecule has 1 saturated carbocycles. The molecule has 5 nitrogen and oxygen atoms in total. The average molecular weight is 282 g/mol. The predicted octanol–water partition coefficient (Wildman–Crippen LogP) is 1.08. The predicted molar refractivity (Wildman–Crippen MR) is 75.1 cm³/mol. The van der Waals surface area contributed by atoms with Crippen LogP contribution < -0.4 is 0 Å². The Balaban J connectivity index is 1.44. The highest BCUT2D eigenvalue weighted by Crippen LogP contribution is 2.29. The minimum absolute atomic E-state index is 0.337. The van der Waals surface area contributed by atoms with Crippen LogP contribution in [-0.4, -0.2) is 65.3 Å². The number of hydrogen-bond donors (Lipinski definition) is 0. The molecule has 1 aromatic heterocycles. The zero-order chi connectivity index (χ0) is 13.1. The molecule has 0 unspecified atom stereocenters. The number of ether oxygens (including phenoxy) is 1. The summed E-state index contributed by atoms with van der Waals surface area (Å²) in [6, 6.07) is 0. The van der Waals surface area contributed by atoms with E-state index >= 15 is 0 Å². The summed E-state index contributed by atoms with van der Waals surface area (Å²) in [6.45, 7) is 6.02. The molecule has 1 atom stereocenters. The van der Waals surface area contributed by atoms with Crippen molar-refractivity contribution in [3.05, 3.63) is 11.1 Å². The monoisotopic (exact) mass is 282 g/mol. The van der Waals surface area contributed by atoms with Crippen LogP contribution in [0.3, 0.4) is 0 Å². The van der Waals surface area contributed by atoms with Crippen molar-refractivity contribution in [2.75, 3.05) is 39.8 Å². The number of hydrogen-bond acceptors (Lipinski definition) is 6. The van der Waals surface area contributed by atoms with Gasteiger partial charge in [-0.25, -0.2) is 0 Å². The van der Waals surface area contributed by atoms with Gasteiger partial charge in [0.05, 0.1) is 18.4 Å². The fourth-order valence-corrected chi connectivity index (χ4v) is 3.12. The van der Waals surface area contributed by atoms with Crippen molar-refractivity contribution in [1.82, 2.24) is 19.4 Å². The molecule has 6 heteroatoms. The maximum atomic E-state index is 5.88. The fraction of sp³-hybridized carbons (Fsp3) is 0.846. The molecule has 2 fully saturated rings. The van der Waals surface area contributed by atoms with Crippen LogP contribution in [0.5, 0.6) is 0 Å². The maximum Gasteiger partial charge on any atom is 0.0895 e. The van der Waals surface area contributed by atoms with Crippen LogP contribution in [0.2, 0.25) is 0 Å². The van der Waals surface area contributed by atoms with Gasteiger partial charge in [-0.3, -0.25) is 4.90 Å². The van der Waals surface area contributed by atoms with Gasteiger partial charge in [0.15, 0.2) is 0 Å². The molecule has 1 aliphatic carbocycles. The van der Waals surface area contributed by atoms with Crippen molar-refractivity contribution in [1.29, 1.82) is 0 Å². The molecule has 0 amide bonds. The molecule has 1 saturated heterocycles. The third-order valence-electron chi connectivity index (χ3n) is 3.80. The summed E-state index contributed by atoms with van der Waals surface area (Å²) in [7, 11) is 2.21. The molecule has 2 aliphatic rings. The normalized spacial score (nSPS) is 25.1. The Morgan fingerprint density at radius 2 is 2.37 bits per heavy atom. The molecule has 3 rings (SSSR count). The van der Waals surface area contributed by atoms with Gasteiger partial charge in [-0.05, 0) is 37.3 Å². The molecule has 19 heavy (non-hydrogen) atoms. The summed E-state index contributed by atoms with van der Waals surface area (Å²) in [5, 5.41) is 6.15. The first-order valence-corrected chi connectivity index (χ1v) is 7.91. The maximum absolute atomic E-state index is 5.88. The summed E-state index contributed by atoms with van der Waals surface area (Å²) in [5.41, 5.74) is 1.08. The van der Waals surface area contributed by atoms with Gasteiger partial charge in [-0.1, -0.05) is 4.49 Å². The van der Waals surface area contributed by atoms with E-state index in [-0.39, 0.29) is 0 Å². The first-order valence-electron chi connectivity index (χ1n) is 7.08. The van der Waals surface area contributed by atoms with E-state index in [1.807, 2.05) is 5.38 Å².